The van der Waals surface area contributed by atoms with Crippen molar-refractivity contribution in [2.75, 3.05) is 24.3 Å². The first-order valence-electron chi connectivity index (χ1n) is 6.53. The van der Waals surface area contributed by atoms with Crippen molar-refractivity contribution in [1.82, 2.24) is 4.98 Å². The number of rotatable bonds is 4. The van der Waals surface area contributed by atoms with E-state index in [-0.39, 0.29) is 18.9 Å². The molecule has 118 valence electrons. The van der Waals surface area contributed by atoms with Gasteiger partial charge in [-0.1, -0.05) is 17.4 Å². The van der Waals surface area contributed by atoms with Gasteiger partial charge in [0.25, 0.3) is 0 Å². The zero-order chi connectivity index (χ0) is 15.9. The highest BCUT2D eigenvalue weighted by atomic mass is 32.3. The summed E-state index contributed by atoms with van der Waals surface area (Å²) in [6.45, 7) is 0.157. The average molecular weight is 344 g/mol. The van der Waals surface area contributed by atoms with E-state index in [9.17, 15) is 17.1 Å². The van der Waals surface area contributed by atoms with Crippen LogP contribution in [0.2, 0.25) is 0 Å². The lowest BCUT2D eigenvalue weighted by molar-refractivity contribution is -0.117. The fourth-order valence-corrected chi connectivity index (χ4v) is 4.35. The maximum atomic E-state index is 12.8. The Balaban J connectivity index is 1.90. The van der Waals surface area contributed by atoms with Crippen LogP contribution >= 0.6 is 11.3 Å². The number of ether oxygens (including phenoxy) is 1. The summed E-state index contributed by atoms with van der Waals surface area (Å²) in [5, 5.41) is 0.475. The van der Waals surface area contributed by atoms with Crippen LogP contribution in [-0.4, -0.2) is 38.7 Å². The van der Waals surface area contributed by atoms with Gasteiger partial charge in [0.1, 0.15) is 11.3 Å². The van der Waals surface area contributed by atoms with Crippen LogP contribution in [-0.2, 0) is 15.0 Å². The molecular weight excluding hydrogens is 331 g/mol. The molecule has 3 rings (SSSR count). The van der Waals surface area contributed by atoms with Crippen LogP contribution in [0.4, 0.5) is 9.02 Å². The Bertz CT molecular complexity index is 834. The molecule has 2 aromatic rings. The first-order valence-corrected chi connectivity index (χ1v) is 8.90. The number of anilines is 1. The second-order valence-corrected chi connectivity index (χ2v) is 7.50. The molecule has 1 saturated heterocycles. The van der Waals surface area contributed by atoms with E-state index in [4.69, 9.17) is 4.74 Å². The number of methoxy groups -OCH3 is 1. The highest BCUT2D eigenvalue weighted by molar-refractivity contribution is 7.86. The average Bonchev–Trinajstić information content (AvgIpc) is 2.99. The van der Waals surface area contributed by atoms with Gasteiger partial charge in [-0.25, -0.2) is 4.98 Å². The Morgan fingerprint density at radius 3 is 2.95 bits per heavy atom. The summed E-state index contributed by atoms with van der Waals surface area (Å²) in [4.78, 5) is 17.9. The second-order valence-electron chi connectivity index (χ2n) is 5.08. The maximum absolute atomic E-state index is 12.8. The summed E-state index contributed by atoms with van der Waals surface area (Å²) >= 11 is 1.32. The van der Waals surface area contributed by atoms with Crippen molar-refractivity contribution in [3.05, 3.63) is 18.2 Å². The lowest BCUT2D eigenvalue weighted by atomic mass is 10.1. The number of hydrogen-bond donors (Lipinski definition) is 0. The Hall–Kier alpha value is -1.74. The fraction of sp³-hybridized carbons (Fsp3) is 0.385. The highest BCUT2D eigenvalue weighted by Crippen LogP contribution is 2.36. The van der Waals surface area contributed by atoms with Crippen LogP contribution < -0.4 is 9.64 Å². The van der Waals surface area contributed by atoms with Crippen molar-refractivity contribution >= 4 is 42.8 Å². The van der Waals surface area contributed by atoms with E-state index in [0.717, 1.165) is 4.70 Å². The van der Waals surface area contributed by atoms with Gasteiger partial charge in [-0.3, -0.25) is 9.69 Å². The molecule has 1 aliphatic heterocycles. The predicted molar refractivity (Wildman–Crippen MR) is 81.5 cm³/mol. The number of fused-ring (bicyclic) bond motifs is 1. The van der Waals surface area contributed by atoms with E-state index >= 15 is 0 Å². The van der Waals surface area contributed by atoms with Gasteiger partial charge in [-0.15, -0.1) is 3.89 Å². The number of amides is 1. The molecule has 1 aliphatic rings. The first kappa shape index (κ1) is 15.2. The molecule has 0 saturated carbocycles. The molecule has 1 unspecified atom stereocenters. The van der Waals surface area contributed by atoms with Crippen LogP contribution in [0.3, 0.4) is 0 Å². The monoisotopic (exact) mass is 344 g/mol. The minimum atomic E-state index is -4.59. The zero-order valence-corrected chi connectivity index (χ0v) is 13.3. The number of hydrogen-bond acceptors (Lipinski definition) is 6. The summed E-state index contributed by atoms with van der Waals surface area (Å²) in [6, 6.07) is 5.46. The van der Waals surface area contributed by atoms with Gasteiger partial charge in [-0.2, -0.15) is 8.42 Å². The third-order valence-corrected chi connectivity index (χ3v) is 5.37. The van der Waals surface area contributed by atoms with Gasteiger partial charge in [0.15, 0.2) is 5.13 Å². The minimum Gasteiger partial charge on any atom is -0.494 e. The number of carbonyl (C=O) groups is 1. The maximum Gasteiger partial charge on any atom is 0.302 e. The van der Waals surface area contributed by atoms with E-state index < -0.39 is 21.9 Å². The molecule has 0 spiro atoms. The van der Waals surface area contributed by atoms with Crippen LogP contribution in [0, 0.1) is 5.92 Å². The molecule has 0 N–H and O–H groups in total. The van der Waals surface area contributed by atoms with Gasteiger partial charge in [0.2, 0.25) is 5.91 Å². The Morgan fingerprint density at radius 1 is 1.50 bits per heavy atom. The molecule has 9 heteroatoms. The second kappa shape index (κ2) is 5.47. The molecule has 1 atom stereocenters. The van der Waals surface area contributed by atoms with Crippen LogP contribution in [0.5, 0.6) is 5.75 Å². The number of nitrogens with zero attached hydrogens (tertiary/aromatic N) is 2. The van der Waals surface area contributed by atoms with Gasteiger partial charge in [-0.05, 0) is 12.1 Å². The summed E-state index contributed by atoms with van der Waals surface area (Å²) in [7, 11) is -3.05. The fourth-order valence-electron chi connectivity index (χ4n) is 2.55. The van der Waals surface area contributed by atoms with Crippen molar-refractivity contribution in [3.8, 4) is 5.75 Å². The molecule has 0 aliphatic carbocycles. The predicted octanol–water partition coefficient (Wildman–Crippen LogP) is 1.96. The van der Waals surface area contributed by atoms with E-state index in [1.165, 1.54) is 23.3 Å². The number of carbonyl (C=O) groups excluding carboxylic acids is 1. The smallest absolute Gasteiger partial charge is 0.302 e. The van der Waals surface area contributed by atoms with Crippen molar-refractivity contribution in [1.29, 1.82) is 0 Å². The standard InChI is InChI=1S/C13H13FN2O4S2/c1-20-9-3-2-4-10-12(9)15-13(21-10)16-6-8(5-11(16)17)7-22(14,18)19/h2-4,8H,5-7H2,1H3. The molecule has 6 nitrogen and oxygen atoms in total. The quantitative estimate of drug-likeness (QED) is 0.793. The molecule has 1 aromatic heterocycles. The number of benzene rings is 1. The van der Waals surface area contributed by atoms with E-state index in [1.807, 2.05) is 12.1 Å². The van der Waals surface area contributed by atoms with Crippen molar-refractivity contribution in [2.45, 2.75) is 6.42 Å². The Kier molecular flexibility index (Phi) is 3.77. The normalized spacial score (nSPS) is 19.1. The summed E-state index contributed by atoms with van der Waals surface area (Å²) in [6.07, 6.45) is 0.0101. The zero-order valence-electron chi connectivity index (χ0n) is 11.7. The largest absolute Gasteiger partial charge is 0.494 e. The summed E-state index contributed by atoms with van der Waals surface area (Å²) in [5.74, 6) is -0.818. The number of halogens is 1. The van der Waals surface area contributed by atoms with E-state index in [1.54, 1.807) is 6.07 Å². The summed E-state index contributed by atoms with van der Waals surface area (Å²) < 4.78 is 40.3. The highest BCUT2D eigenvalue weighted by Gasteiger charge is 2.35. The number of para-hydroxylation sites is 1. The molecule has 2 heterocycles. The SMILES string of the molecule is COc1cccc2sc(N3CC(CS(=O)(=O)F)CC3=O)nc12. The first-order chi connectivity index (χ1) is 10.4. The molecule has 22 heavy (non-hydrogen) atoms. The lowest BCUT2D eigenvalue weighted by Crippen LogP contribution is -2.25. The third-order valence-electron chi connectivity index (χ3n) is 3.46. The number of aromatic nitrogens is 1. The van der Waals surface area contributed by atoms with Crippen molar-refractivity contribution < 1.29 is 21.8 Å². The molecule has 0 bridgehead atoms. The van der Waals surface area contributed by atoms with E-state index in [0.29, 0.717) is 16.4 Å². The van der Waals surface area contributed by atoms with Gasteiger partial charge < -0.3 is 4.74 Å². The van der Waals surface area contributed by atoms with Gasteiger partial charge in [0.05, 0.1) is 17.6 Å². The lowest BCUT2D eigenvalue weighted by Gasteiger charge is -2.11. The summed E-state index contributed by atoms with van der Waals surface area (Å²) in [5.41, 5.74) is 0.652. The Morgan fingerprint density at radius 2 is 2.27 bits per heavy atom. The third kappa shape index (κ3) is 2.91. The van der Waals surface area contributed by atoms with Crippen molar-refractivity contribution in [3.63, 3.8) is 0 Å². The molecule has 0 radical (unpaired) electrons. The molecule has 1 fully saturated rings. The number of thiazole rings is 1. The molecule has 1 aromatic carbocycles. The van der Waals surface area contributed by atoms with Crippen LogP contribution in [0.15, 0.2) is 18.2 Å². The van der Waals surface area contributed by atoms with Crippen LogP contribution in [0.1, 0.15) is 6.42 Å². The molecule has 1 amide bonds. The van der Waals surface area contributed by atoms with Crippen LogP contribution in [0.25, 0.3) is 10.2 Å². The Labute approximate surface area is 130 Å². The van der Waals surface area contributed by atoms with Crippen molar-refractivity contribution in [2.24, 2.45) is 5.92 Å². The van der Waals surface area contributed by atoms with Gasteiger partial charge in [0, 0.05) is 18.9 Å². The molecular formula is C13H13FN2O4S2. The topological polar surface area (TPSA) is 76.6 Å². The minimum absolute atomic E-state index is 0.0101. The van der Waals surface area contributed by atoms with Gasteiger partial charge >= 0.3 is 10.2 Å². The van der Waals surface area contributed by atoms with E-state index in [2.05, 4.69) is 4.98 Å².